The lowest BCUT2D eigenvalue weighted by Crippen LogP contribution is -2.42. The maximum atomic E-state index is 13.8. The fourth-order valence-corrected chi connectivity index (χ4v) is 2.47. The van der Waals surface area contributed by atoms with Crippen molar-refractivity contribution >= 4 is 0 Å². The molecule has 106 valence electrons. The summed E-state index contributed by atoms with van der Waals surface area (Å²) in [6.07, 6.45) is -4.13. The van der Waals surface area contributed by atoms with Crippen LogP contribution in [0.5, 0.6) is 0 Å². The number of rotatable bonds is 1. The highest BCUT2D eigenvalue weighted by atomic mass is 19.4. The predicted molar refractivity (Wildman–Crippen MR) is 60.6 cm³/mol. The summed E-state index contributed by atoms with van der Waals surface area (Å²) >= 11 is 0. The number of aryl methyl sites for hydroxylation is 1. The van der Waals surface area contributed by atoms with Gasteiger partial charge in [0.05, 0.1) is 5.92 Å². The second kappa shape index (κ2) is 5.07. The summed E-state index contributed by atoms with van der Waals surface area (Å²) in [5.41, 5.74) is -0.161. The van der Waals surface area contributed by atoms with E-state index in [9.17, 15) is 22.0 Å². The largest absolute Gasteiger partial charge is 0.393 e. The maximum absolute atomic E-state index is 13.8. The van der Waals surface area contributed by atoms with E-state index in [-0.39, 0.29) is 17.5 Å². The molecule has 2 rings (SSSR count). The lowest BCUT2D eigenvalue weighted by Gasteiger charge is -2.34. The molecular formula is C13H14F5N. The molecule has 1 fully saturated rings. The van der Waals surface area contributed by atoms with Gasteiger partial charge in [0.2, 0.25) is 0 Å². The first-order valence-electron chi connectivity index (χ1n) is 6.07. The Morgan fingerprint density at radius 2 is 1.84 bits per heavy atom. The molecule has 6 heteroatoms. The highest BCUT2D eigenvalue weighted by Crippen LogP contribution is 2.42. The Hall–Kier alpha value is -1.17. The normalized spacial score (nSPS) is 24.5. The molecule has 0 radical (unpaired) electrons. The molecule has 2 unspecified atom stereocenters. The van der Waals surface area contributed by atoms with Crippen molar-refractivity contribution < 1.29 is 22.0 Å². The van der Waals surface area contributed by atoms with Crippen molar-refractivity contribution in [2.24, 2.45) is 5.92 Å². The third-order valence-electron chi connectivity index (χ3n) is 3.52. The summed E-state index contributed by atoms with van der Waals surface area (Å²) in [7, 11) is 0. The SMILES string of the molecule is Cc1ccc(C2NCCCC2C(F)(F)F)c(F)c1F. The van der Waals surface area contributed by atoms with Gasteiger partial charge in [-0.3, -0.25) is 0 Å². The van der Waals surface area contributed by atoms with Gasteiger partial charge in [-0.25, -0.2) is 8.78 Å². The standard InChI is InChI=1S/C13H14F5N/c1-7-4-5-8(11(15)10(7)14)12-9(13(16,17)18)3-2-6-19-12/h4-5,9,12,19H,2-3,6H2,1H3. The molecule has 1 heterocycles. The Morgan fingerprint density at radius 3 is 2.47 bits per heavy atom. The first kappa shape index (κ1) is 14.2. The zero-order chi connectivity index (χ0) is 14.2. The number of nitrogens with one attached hydrogen (secondary N) is 1. The van der Waals surface area contributed by atoms with Crippen LogP contribution in [0.3, 0.4) is 0 Å². The number of piperidine rings is 1. The van der Waals surface area contributed by atoms with Crippen LogP contribution >= 0.6 is 0 Å². The van der Waals surface area contributed by atoms with E-state index in [2.05, 4.69) is 5.32 Å². The van der Waals surface area contributed by atoms with Crippen molar-refractivity contribution in [1.29, 1.82) is 0 Å². The van der Waals surface area contributed by atoms with E-state index in [4.69, 9.17) is 0 Å². The summed E-state index contributed by atoms with van der Waals surface area (Å²) in [6.45, 7) is 1.74. The van der Waals surface area contributed by atoms with Crippen LogP contribution < -0.4 is 5.32 Å². The van der Waals surface area contributed by atoms with Crippen molar-refractivity contribution in [3.8, 4) is 0 Å². The minimum Gasteiger partial charge on any atom is -0.309 e. The van der Waals surface area contributed by atoms with Gasteiger partial charge < -0.3 is 5.32 Å². The van der Waals surface area contributed by atoms with Crippen molar-refractivity contribution in [2.75, 3.05) is 6.54 Å². The molecule has 0 aliphatic carbocycles. The molecule has 1 N–H and O–H groups in total. The van der Waals surface area contributed by atoms with E-state index < -0.39 is 29.8 Å². The van der Waals surface area contributed by atoms with Crippen LogP contribution in [0, 0.1) is 24.5 Å². The van der Waals surface area contributed by atoms with E-state index in [1.165, 1.54) is 19.1 Å². The van der Waals surface area contributed by atoms with Gasteiger partial charge in [0, 0.05) is 11.6 Å². The molecule has 0 bridgehead atoms. The Bertz CT molecular complexity index is 469. The monoisotopic (exact) mass is 279 g/mol. The van der Waals surface area contributed by atoms with Crippen LogP contribution in [0.15, 0.2) is 12.1 Å². The molecule has 0 aromatic heterocycles. The number of halogens is 5. The van der Waals surface area contributed by atoms with Gasteiger partial charge in [0.15, 0.2) is 11.6 Å². The highest BCUT2D eigenvalue weighted by Gasteiger charge is 2.46. The fourth-order valence-electron chi connectivity index (χ4n) is 2.47. The number of hydrogen-bond acceptors (Lipinski definition) is 1. The smallest absolute Gasteiger partial charge is 0.309 e. The van der Waals surface area contributed by atoms with E-state index >= 15 is 0 Å². The minimum absolute atomic E-state index is 0.0733. The number of benzene rings is 1. The van der Waals surface area contributed by atoms with Gasteiger partial charge in [-0.1, -0.05) is 12.1 Å². The molecule has 1 saturated heterocycles. The minimum atomic E-state index is -4.42. The van der Waals surface area contributed by atoms with Crippen LogP contribution in [0.1, 0.15) is 30.0 Å². The summed E-state index contributed by atoms with van der Waals surface area (Å²) in [5.74, 6) is -3.95. The molecule has 0 spiro atoms. The summed E-state index contributed by atoms with van der Waals surface area (Å²) in [6, 6.07) is 1.32. The van der Waals surface area contributed by atoms with Crippen LogP contribution in [0.2, 0.25) is 0 Å². The van der Waals surface area contributed by atoms with Gasteiger partial charge in [-0.05, 0) is 31.9 Å². The van der Waals surface area contributed by atoms with Crippen LogP contribution in [-0.2, 0) is 0 Å². The summed E-state index contributed by atoms with van der Waals surface area (Å²) in [5, 5.41) is 2.65. The lowest BCUT2D eigenvalue weighted by atomic mass is 9.85. The first-order valence-corrected chi connectivity index (χ1v) is 6.07. The molecule has 0 amide bonds. The highest BCUT2D eigenvalue weighted by molar-refractivity contribution is 5.29. The van der Waals surface area contributed by atoms with Gasteiger partial charge in [-0.15, -0.1) is 0 Å². The second-order valence-electron chi connectivity index (χ2n) is 4.82. The average molecular weight is 279 g/mol. The quantitative estimate of drug-likeness (QED) is 0.769. The molecule has 1 aliphatic heterocycles. The van der Waals surface area contributed by atoms with E-state index in [0.29, 0.717) is 13.0 Å². The third kappa shape index (κ3) is 2.73. The number of alkyl halides is 3. The van der Waals surface area contributed by atoms with E-state index in [1.807, 2.05) is 0 Å². The fraction of sp³-hybridized carbons (Fsp3) is 0.538. The summed E-state index contributed by atoms with van der Waals surface area (Å²) in [4.78, 5) is 0. The zero-order valence-electron chi connectivity index (χ0n) is 10.3. The van der Waals surface area contributed by atoms with E-state index in [1.54, 1.807) is 0 Å². The topological polar surface area (TPSA) is 12.0 Å². The molecule has 1 aromatic carbocycles. The van der Waals surface area contributed by atoms with Crippen molar-refractivity contribution in [3.05, 3.63) is 34.9 Å². The second-order valence-corrected chi connectivity index (χ2v) is 4.82. The van der Waals surface area contributed by atoms with E-state index in [0.717, 1.165) is 0 Å². The Kier molecular flexibility index (Phi) is 3.80. The van der Waals surface area contributed by atoms with Crippen LogP contribution in [0.25, 0.3) is 0 Å². The Morgan fingerprint density at radius 1 is 1.16 bits per heavy atom. The number of hydrogen-bond donors (Lipinski definition) is 1. The van der Waals surface area contributed by atoms with Crippen molar-refractivity contribution in [3.63, 3.8) is 0 Å². The molecule has 0 saturated carbocycles. The molecular weight excluding hydrogens is 265 g/mol. The van der Waals surface area contributed by atoms with Gasteiger partial charge >= 0.3 is 6.18 Å². The summed E-state index contributed by atoms with van der Waals surface area (Å²) < 4.78 is 66.1. The Labute approximate surface area is 107 Å². The average Bonchev–Trinajstić information content (AvgIpc) is 2.35. The van der Waals surface area contributed by atoms with Gasteiger partial charge in [0.1, 0.15) is 0 Å². The maximum Gasteiger partial charge on any atom is 0.393 e. The van der Waals surface area contributed by atoms with Gasteiger partial charge in [-0.2, -0.15) is 13.2 Å². The molecule has 1 aliphatic rings. The van der Waals surface area contributed by atoms with Crippen LogP contribution in [0.4, 0.5) is 22.0 Å². The van der Waals surface area contributed by atoms with Gasteiger partial charge in [0.25, 0.3) is 0 Å². The predicted octanol–water partition coefficient (Wildman–Crippen LogP) is 3.88. The van der Waals surface area contributed by atoms with Crippen LogP contribution in [-0.4, -0.2) is 12.7 Å². The molecule has 1 aromatic rings. The third-order valence-corrected chi connectivity index (χ3v) is 3.52. The lowest BCUT2D eigenvalue weighted by molar-refractivity contribution is -0.189. The zero-order valence-corrected chi connectivity index (χ0v) is 10.3. The molecule has 2 atom stereocenters. The molecule has 19 heavy (non-hydrogen) atoms. The van der Waals surface area contributed by atoms with Crippen molar-refractivity contribution in [1.82, 2.24) is 5.32 Å². The molecule has 1 nitrogen and oxygen atoms in total. The Balaban J connectivity index is 2.41. The first-order chi connectivity index (χ1) is 8.82. The van der Waals surface area contributed by atoms with Crippen molar-refractivity contribution in [2.45, 2.75) is 32.0 Å².